The normalized spacial score (nSPS) is 38.4. The van der Waals surface area contributed by atoms with Crippen LogP contribution in [0, 0.1) is 23.2 Å². The highest BCUT2D eigenvalue weighted by Gasteiger charge is 2.53. The number of nitrogens with one attached hydrogen (secondary N) is 1. The summed E-state index contributed by atoms with van der Waals surface area (Å²) in [7, 11) is 0. The van der Waals surface area contributed by atoms with Gasteiger partial charge in [0.25, 0.3) is 5.91 Å². The first-order chi connectivity index (χ1) is 12.5. The quantitative estimate of drug-likeness (QED) is 0.847. The molecule has 1 aromatic carbocycles. The molecule has 0 radical (unpaired) electrons. The molecule has 4 bridgehead atoms. The van der Waals surface area contributed by atoms with Gasteiger partial charge in [0, 0.05) is 12.5 Å². The van der Waals surface area contributed by atoms with E-state index in [9.17, 15) is 9.59 Å². The van der Waals surface area contributed by atoms with Crippen molar-refractivity contribution in [3.05, 3.63) is 35.4 Å². The number of carbonyl (C=O) groups excluding carboxylic acids is 2. The van der Waals surface area contributed by atoms with Gasteiger partial charge in [-0.25, -0.2) is 4.79 Å². The Morgan fingerprint density at radius 1 is 1.12 bits per heavy atom. The fraction of sp³-hybridized carbons (Fsp3) is 0.636. The van der Waals surface area contributed by atoms with E-state index in [1.54, 1.807) is 6.07 Å². The molecule has 0 aromatic heterocycles. The maximum Gasteiger partial charge on any atom is 0.339 e. The van der Waals surface area contributed by atoms with Gasteiger partial charge in [0.1, 0.15) is 0 Å². The Morgan fingerprint density at radius 2 is 1.73 bits per heavy atom. The molecule has 0 saturated heterocycles. The zero-order valence-corrected chi connectivity index (χ0v) is 15.4. The molecule has 138 valence electrons. The van der Waals surface area contributed by atoms with Crippen LogP contribution in [0.4, 0.5) is 0 Å². The molecule has 26 heavy (non-hydrogen) atoms. The van der Waals surface area contributed by atoms with Crippen molar-refractivity contribution >= 4 is 11.9 Å². The summed E-state index contributed by atoms with van der Waals surface area (Å²) in [5.41, 5.74) is 1.76. The standard InChI is InChI=1S/C22H27NO3/c1-13(22-10-14-6-15(11-22)8-16(7-14)12-22)23-20(24)19-9-17-4-2-3-5-18(17)21(25)26-19/h2-5,13-16,19H,6-12H2,1H3,(H,23,24)/t13-,14?,15?,16?,19+,22?/m0/s1. The fourth-order valence-electron chi connectivity index (χ4n) is 6.65. The third-order valence-electron chi connectivity index (χ3n) is 7.55. The van der Waals surface area contributed by atoms with Crippen molar-refractivity contribution in [2.24, 2.45) is 23.2 Å². The summed E-state index contributed by atoms with van der Waals surface area (Å²) in [5, 5.41) is 3.24. The number of esters is 1. The van der Waals surface area contributed by atoms with Crippen molar-refractivity contribution in [2.75, 3.05) is 0 Å². The van der Waals surface area contributed by atoms with Crippen molar-refractivity contribution in [1.82, 2.24) is 5.32 Å². The van der Waals surface area contributed by atoms with Crippen LogP contribution in [-0.4, -0.2) is 24.0 Å². The van der Waals surface area contributed by atoms with Gasteiger partial charge in [-0.1, -0.05) is 18.2 Å². The number of benzene rings is 1. The predicted molar refractivity (Wildman–Crippen MR) is 97.6 cm³/mol. The largest absolute Gasteiger partial charge is 0.448 e. The van der Waals surface area contributed by atoms with Crippen LogP contribution >= 0.6 is 0 Å². The lowest BCUT2D eigenvalue weighted by molar-refractivity contribution is -0.134. The topological polar surface area (TPSA) is 55.4 Å². The van der Waals surface area contributed by atoms with Gasteiger partial charge in [-0.05, 0) is 80.2 Å². The maximum absolute atomic E-state index is 12.9. The molecule has 0 spiro atoms. The highest BCUT2D eigenvalue weighted by atomic mass is 16.5. The van der Waals surface area contributed by atoms with Crippen molar-refractivity contribution < 1.29 is 14.3 Å². The number of rotatable bonds is 3. The van der Waals surface area contributed by atoms with Gasteiger partial charge in [-0.15, -0.1) is 0 Å². The van der Waals surface area contributed by atoms with Crippen LogP contribution < -0.4 is 5.32 Å². The number of amides is 1. The average Bonchev–Trinajstić information content (AvgIpc) is 2.60. The van der Waals surface area contributed by atoms with Crippen LogP contribution in [0.2, 0.25) is 0 Å². The van der Waals surface area contributed by atoms with E-state index in [0.29, 0.717) is 12.0 Å². The number of hydrogen-bond donors (Lipinski definition) is 1. The number of hydrogen-bond acceptors (Lipinski definition) is 3. The van der Waals surface area contributed by atoms with E-state index in [1.165, 1.54) is 38.5 Å². The number of fused-ring (bicyclic) bond motifs is 1. The van der Waals surface area contributed by atoms with Crippen LogP contribution in [0.15, 0.2) is 24.3 Å². The van der Waals surface area contributed by atoms with Gasteiger partial charge in [0.05, 0.1) is 5.56 Å². The second-order valence-corrected chi connectivity index (χ2v) is 9.27. The summed E-state index contributed by atoms with van der Waals surface area (Å²) in [4.78, 5) is 25.1. The molecule has 1 aromatic rings. The Morgan fingerprint density at radius 3 is 2.38 bits per heavy atom. The van der Waals surface area contributed by atoms with Gasteiger partial charge < -0.3 is 10.1 Å². The van der Waals surface area contributed by atoms with Crippen molar-refractivity contribution in [3.63, 3.8) is 0 Å². The first kappa shape index (κ1) is 16.3. The fourth-order valence-corrected chi connectivity index (χ4v) is 6.65. The lowest BCUT2D eigenvalue weighted by atomic mass is 9.48. The Balaban J connectivity index is 1.30. The summed E-state index contributed by atoms with van der Waals surface area (Å²) in [5.74, 6) is 2.07. The second kappa shape index (κ2) is 5.83. The summed E-state index contributed by atoms with van der Waals surface area (Å²) >= 11 is 0. The molecular formula is C22H27NO3. The van der Waals surface area contributed by atoms with Gasteiger partial charge >= 0.3 is 5.97 Å². The Kier molecular flexibility index (Phi) is 3.67. The highest BCUT2D eigenvalue weighted by Crippen LogP contribution is 2.61. The van der Waals surface area contributed by atoms with Gasteiger partial charge in [0.2, 0.25) is 0 Å². The van der Waals surface area contributed by atoms with Gasteiger partial charge in [-0.2, -0.15) is 0 Å². The summed E-state index contributed by atoms with van der Waals surface area (Å²) in [6.07, 6.45) is 7.75. The summed E-state index contributed by atoms with van der Waals surface area (Å²) in [6, 6.07) is 7.57. The van der Waals surface area contributed by atoms with Gasteiger partial charge in [-0.3, -0.25) is 4.79 Å². The molecule has 4 saturated carbocycles. The van der Waals surface area contributed by atoms with E-state index in [4.69, 9.17) is 4.74 Å². The molecule has 6 rings (SSSR count). The zero-order chi connectivity index (χ0) is 17.9. The second-order valence-electron chi connectivity index (χ2n) is 9.27. The first-order valence-electron chi connectivity index (χ1n) is 10.1. The third kappa shape index (κ3) is 2.57. The molecular weight excluding hydrogens is 326 g/mol. The molecule has 4 heteroatoms. The molecule has 1 heterocycles. The van der Waals surface area contributed by atoms with Crippen LogP contribution in [0.1, 0.15) is 61.4 Å². The Bertz CT molecular complexity index is 720. The number of carbonyl (C=O) groups is 2. The number of ether oxygens (including phenoxy) is 1. The molecule has 1 N–H and O–H groups in total. The summed E-state index contributed by atoms with van der Waals surface area (Å²) in [6.45, 7) is 2.17. The minimum atomic E-state index is -0.700. The van der Waals surface area contributed by atoms with Gasteiger partial charge in [0.15, 0.2) is 6.10 Å². The van der Waals surface area contributed by atoms with E-state index >= 15 is 0 Å². The highest BCUT2D eigenvalue weighted by molar-refractivity contribution is 5.95. The molecule has 1 amide bonds. The SMILES string of the molecule is C[C@H](NC(=O)[C@H]1Cc2ccccc2C(=O)O1)C12CC3CC(CC(C3)C1)C2. The van der Waals surface area contributed by atoms with Crippen molar-refractivity contribution in [3.8, 4) is 0 Å². The predicted octanol–water partition coefficient (Wildman–Crippen LogP) is 3.49. The summed E-state index contributed by atoms with van der Waals surface area (Å²) < 4.78 is 5.44. The van der Waals surface area contributed by atoms with E-state index in [2.05, 4.69) is 12.2 Å². The minimum Gasteiger partial charge on any atom is -0.448 e. The molecule has 2 atom stereocenters. The molecule has 4 fully saturated rings. The van der Waals surface area contributed by atoms with Crippen LogP contribution in [0.25, 0.3) is 0 Å². The van der Waals surface area contributed by atoms with Crippen LogP contribution in [0.3, 0.4) is 0 Å². The molecule has 4 nitrogen and oxygen atoms in total. The Labute approximate surface area is 154 Å². The molecule has 0 unspecified atom stereocenters. The average molecular weight is 353 g/mol. The van der Waals surface area contributed by atoms with Crippen LogP contribution in [0.5, 0.6) is 0 Å². The molecule has 4 aliphatic carbocycles. The number of cyclic esters (lactones) is 1. The third-order valence-corrected chi connectivity index (χ3v) is 7.55. The van der Waals surface area contributed by atoms with E-state index < -0.39 is 6.10 Å². The van der Waals surface area contributed by atoms with Crippen LogP contribution in [-0.2, 0) is 16.0 Å². The Hall–Kier alpha value is -1.84. The van der Waals surface area contributed by atoms with E-state index in [0.717, 1.165) is 23.3 Å². The van der Waals surface area contributed by atoms with Crippen molar-refractivity contribution in [1.29, 1.82) is 0 Å². The smallest absolute Gasteiger partial charge is 0.339 e. The molecule has 1 aliphatic heterocycles. The zero-order valence-electron chi connectivity index (χ0n) is 15.4. The monoisotopic (exact) mass is 353 g/mol. The molecule has 5 aliphatic rings. The maximum atomic E-state index is 12.9. The first-order valence-corrected chi connectivity index (χ1v) is 10.1. The van der Waals surface area contributed by atoms with E-state index in [-0.39, 0.29) is 23.3 Å². The minimum absolute atomic E-state index is 0.129. The van der Waals surface area contributed by atoms with E-state index in [1.807, 2.05) is 18.2 Å². The lowest BCUT2D eigenvalue weighted by Crippen LogP contribution is -2.57. The lowest BCUT2D eigenvalue weighted by Gasteiger charge is -2.59. The van der Waals surface area contributed by atoms with Crippen molar-refractivity contribution in [2.45, 2.75) is 64.0 Å².